The highest BCUT2D eigenvalue weighted by molar-refractivity contribution is 5.85. The van der Waals surface area contributed by atoms with E-state index in [2.05, 4.69) is 15.5 Å². The van der Waals surface area contributed by atoms with Crippen LogP contribution in [0, 0.1) is 0 Å². The fraction of sp³-hybridized carbons (Fsp3) is 0.333. The summed E-state index contributed by atoms with van der Waals surface area (Å²) in [6.07, 6.45) is -0.412. The monoisotopic (exact) mass is 542 g/mol. The third-order valence-corrected chi connectivity index (χ3v) is 6.81. The number of carbonyl (C=O) groups is 2. The molecule has 1 aliphatic rings. The number of ether oxygens (including phenoxy) is 2. The highest BCUT2D eigenvalue weighted by Gasteiger charge is 2.31. The number of hydrogen-bond acceptors (Lipinski definition) is 7. The molecule has 4 aromatic rings. The summed E-state index contributed by atoms with van der Waals surface area (Å²) in [5.41, 5.74) is 6.90. The van der Waals surface area contributed by atoms with Crippen molar-refractivity contribution in [2.24, 2.45) is 5.73 Å². The normalized spacial score (nSPS) is 14.0. The SMILES string of the molecule is CC(C)(N)C(=O)NC(COCc1ccccc1)c1nnc2n1CCN(C(=O)OCc1ccc3ccccc3c1)C2. The lowest BCUT2D eigenvalue weighted by Gasteiger charge is -2.29. The van der Waals surface area contributed by atoms with Crippen molar-refractivity contribution in [2.45, 2.75) is 51.7 Å². The molecule has 0 bridgehead atoms. The Bertz CT molecular complexity index is 1480. The Kier molecular flexibility index (Phi) is 8.09. The summed E-state index contributed by atoms with van der Waals surface area (Å²) in [6, 6.07) is 23.3. The van der Waals surface area contributed by atoms with Gasteiger partial charge in [-0.25, -0.2) is 4.79 Å². The van der Waals surface area contributed by atoms with Crippen LogP contribution < -0.4 is 11.1 Å². The zero-order chi connectivity index (χ0) is 28.1. The van der Waals surface area contributed by atoms with Crippen LogP contribution in [-0.4, -0.2) is 50.4 Å². The predicted octanol–water partition coefficient (Wildman–Crippen LogP) is 3.70. The molecule has 1 aliphatic heterocycles. The van der Waals surface area contributed by atoms with Gasteiger partial charge in [-0.1, -0.05) is 66.7 Å². The van der Waals surface area contributed by atoms with Gasteiger partial charge in [0.2, 0.25) is 5.91 Å². The molecule has 0 spiro atoms. The second kappa shape index (κ2) is 11.8. The largest absolute Gasteiger partial charge is 0.445 e. The third kappa shape index (κ3) is 6.47. The molecule has 40 heavy (non-hydrogen) atoms. The van der Waals surface area contributed by atoms with E-state index in [0.717, 1.165) is 21.9 Å². The Balaban J connectivity index is 1.23. The summed E-state index contributed by atoms with van der Waals surface area (Å²) in [5.74, 6) is 0.843. The van der Waals surface area contributed by atoms with Crippen LogP contribution in [-0.2, 0) is 40.6 Å². The van der Waals surface area contributed by atoms with Gasteiger partial charge in [-0.3, -0.25) is 9.69 Å². The van der Waals surface area contributed by atoms with E-state index < -0.39 is 17.7 Å². The lowest BCUT2D eigenvalue weighted by atomic mass is 10.1. The molecule has 10 heteroatoms. The molecular formula is C30H34N6O4. The lowest BCUT2D eigenvalue weighted by Crippen LogP contribution is -2.51. The van der Waals surface area contributed by atoms with Crippen molar-refractivity contribution in [3.05, 3.63) is 95.6 Å². The minimum Gasteiger partial charge on any atom is -0.445 e. The van der Waals surface area contributed by atoms with Crippen molar-refractivity contribution >= 4 is 22.8 Å². The molecule has 0 aliphatic carbocycles. The summed E-state index contributed by atoms with van der Waals surface area (Å²) in [5, 5.41) is 13.9. The van der Waals surface area contributed by atoms with Crippen molar-refractivity contribution in [1.82, 2.24) is 25.0 Å². The highest BCUT2D eigenvalue weighted by atomic mass is 16.6. The molecule has 3 N–H and O–H groups in total. The average Bonchev–Trinajstić information content (AvgIpc) is 3.38. The van der Waals surface area contributed by atoms with E-state index in [4.69, 9.17) is 15.2 Å². The van der Waals surface area contributed by atoms with E-state index in [1.54, 1.807) is 18.7 Å². The fourth-order valence-corrected chi connectivity index (χ4v) is 4.55. The molecule has 3 aromatic carbocycles. The van der Waals surface area contributed by atoms with Gasteiger partial charge >= 0.3 is 6.09 Å². The minimum absolute atomic E-state index is 0.180. The number of carbonyl (C=O) groups excluding carboxylic acids is 2. The van der Waals surface area contributed by atoms with Gasteiger partial charge in [0.15, 0.2) is 11.6 Å². The average molecular weight is 543 g/mol. The first-order valence-electron chi connectivity index (χ1n) is 13.3. The van der Waals surface area contributed by atoms with Crippen LogP contribution in [0.4, 0.5) is 4.79 Å². The molecular weight excluding hydrogens is 508 g/mol. The van der Waals surface area contributed by atoms with Gasteiger partial charge in [0.05, 0.1) is 25.3 Å². The summed E-state index contributed by atoms with van der Waals surface area (Å²) >= 11 is 0. The van der Waals surface area contributed by atoms with Gasteiger partial charge in [-0.2, -0.15) is 0 Å². The second-order valence-corrected chi connectivity index (χ2v) is 10.5. The molecule has 5 rings (SSSR count). The van der Waals surface area contributed by atoms with E-state index in [0.29, 0.717) is 31.3 Å². The fourth-order valence-electron chi connectivity index (χ4n) is 4.55. The number of aromatic nitrogens is 3. The van der Waals surface area contributed by atoms with E-state index in [9.17, 15) is 9.59 Å². The molecule has 0 saturated heterocycles. The van der Waals surface area contributed by atoms with E-state index in [1.807, 2.05) is 77.4 Å². The first kappa shape index (κ1) is 27.3. The first-order valence-corrected chi connectivity index (χ1v) is 13.3. The van der Waals surface area contributed by atoms with Gasteiger partial charge in [0, 0.05) is 13.1 Å². The van der Waals surface area contributed by atoms with Crippen LogP contribution in [0.15, 0.2) is 72.8 Å². The van der Waals surface area contributed by atoms with Gasteiger partial charge in [0.25, 0.3) is 0 Å². The molecule has 0 saturated carbocycles. The van der Waals surface area contributed by atoms with Crippen molar-refractivity contribution in [2.75, 3.05) is 13.2 Å². The summed E-state index contributed by atoms with van der Waals surface area (Å²) in [7, 11) is 0. The molecule has 1 atom stereocenters. The quantitative estimate of drug-likeness (QED) is 0.330. The number of nitrogens with two attached hydrogens (primary N) is 1. The Hall–Kier alpha value is -4.28. The standard InChI is InChI=1S/C30H34N6O4/c1-30(2,31)28(37)32-25(20-39-18-21-8-4-3-5-9-21)27-34-33-26-17-35(14-15-36(26)27)29(38)40-19-22-12-13-23-10-6-7-11-24(23)16-22/h3-13,16,25H,14-15,17-20,31H2,1-2H3,(H,32,37). The molecule has 2 amide bonds. The maximum Gasteiger partial charge on any atom is 0.410 e. The van der Waals surface area contributed by atoms with Crippen molar-refractivity contribution in [1.29, 1.82) is 0 Å². The highest BCUT2D eigenvalue weighted by Crippen LogP contribution is 2.21. The maximum absolute atomic E-state index is 12.9. The van der Waals surface area contributed by atoms with E-state index in [-0.39, 0.29) is 25.7 Å². The number of benzene rings is 3. The second-order valence-electron chi connectivity index (χ2n) is 10.5. The van der Waals surface area contributed by atoms with Crippen LogP contribution in [0.25, 0.3) is 10.8 Å². The Labute approximate surface area is 233 Å². The molecule has 0 fully saturated rings. The number of nitrogens with one attached hydrogen (secondary N) is 1. The van der Waals surface area contributed by atoms with Crippen LogP contribution >= 0.6 is 0 Å². The Morgan fingerprint density at radius 2 is 1.70 bits per heavy atom. The number of fused-ring (bicyclic) bond motifs is 2. The molecule has 1 aromatic heterocycles. The molecule has 208 valence electrons. The van der Waals surface area contributed by atoms with Gasteiger partial charge < -0.3 is 25.1 Å². The van der Waals surface area contributed by atoms with E-state index >= 15 is 0 Å². The smallest absolute Gasteiger partial charge is 0.410 e. The zero-order valence-electron chi connectivity index (χ0n) is 22.7. The summed E-state index contributed by atoms with van der Waals surface area (Å²) in [6.45, 7) is 5.17. The Morgan fingerprint density at radius 3 is 2.48 bits per heavy atom. The van der Waals surface area contributed by atoms with Gasteiger partial charge in [-0.05, 0) is 41.8 Å². The van der Waals surface area contributed by atoms with Crippen molar-refractivity contribution < 1.29 is 19.1 Å². The summed E-state index contributed by atoms with van der Waals surface area (Å²) < 4.78 is 13.5. The van der Waals surface area contributed by atoms with Crippen LogP contribution in [0.1, 0.15) is 42.7 Å². The topological polar surface area (TPSA) is 125 Å². The maximum atomic E-state index is 12.9. The molecule has 1 unspecified atom stereocenters. The van der Waals surface area contributed by atoms with Crippen molar-refractivity contribution in [3.63, 3.8) is 0 Å². The molecule has 0 radical (unpaired) electrons. The predicted molar refractivity (Wildman–Crippen MR) is 150 cm³/mol. The molecule has 2 heterocycles. The minimum atomic E-state index is -1.08. The van der Waals surface area contributed by atoms with Crippen LogP contribution in [0.5, 0.6) is 0 Å². The molecule has 10 nitrogen and oxygen atoms in total. The zero-order valence-corrected chi connectivity index (χ0v) is 22.7. The number of hydrogen-bond donors (Lipinski definition) is 2. The number of amides is 2. The third-order valence-electron chi connectivity index (χ3n) is 6.81. The van der Waals surface area contributed by atoms with E-state index in [1.165, 1.54) is 0 Å². The van der Waals surface area contributed by atoms with Crippen LogP contribution in [0.3, 0.4) is 0 Å². The lowest BCUT2D eigenvalue weighted by molar-refractivity contribution is -0.126. The number of nitrogens with zero attached hydrogens (tertiary/aromatic N) is 4. The summed E-state index contributed by atoms with van der Waals surface area (Å²) in [4.78, 5) is 27.2. The van der Waals surface area contributed by atoms with Gasteiger partial charge in [0.1, 0.15) is 12.6 Å². The van der Waals surface area contributed by atoms with Gasteiger partial charge in [-0.15, -0.1) is 10.2 Å². The Morgan fingerprint density at radius 1 is 0.950 bits per heavy atom. The first-order chi connectivity index (χ1) is 19.3. The van der Waals surface area contributed by atoms with Crippen LogP contribution in [0.2, 0.25) is 0 Å². The van der Waals surface area contributed by atoms with Crippen molar-refractivity contribution in [3.8, 4) is 0 Å². The number of rotatable bonds is 9.